The number of methoxy groups -OCH3 is 4. The van der Waals surface area contributed by atoms with Gasteiger partial charge in [0.25, 0.3) is 0 Å². The summed E-state index contributed by atoms with van der Waals surface area (Å²) in [5.41, 5.74) is 1.75. The molecule has 0 atom stereocenters. The molecule has 1 fully saturated rings. The van der Waals surface area contributed by atoms with Gasteiger partial charge < -0.3 is 18.9 Å². The van der Waals surface area contributed by atoms with E-state index in [4.69, 9.17) is 18.9 Å². The zero-order valence-corrected chi connectivity index (χ0v) is 17.9. The summed E-state index contributed by atoms with van der Waals surface area (Å²) in [5.74, 6) is 2.74. The Morgan fingerprint density at radius 3 is 1.37 bits per heavy atom. The third-order valence-electron chi connectivity index (χ3n) is 4.82. The molecule has 2 aromatic carbocycles. The van der Waals surface area contributed by atoms with Gasteiger partial charge in [-0.1, -0.05) is 12.1 Å². The lowest BCUT2D eigenvalue weighted by Gasteiger charge is -2.31. The van der Waals surface area contributed by atoms with Crippen molar-refractivity contribution in [3.63, 3.8) is 0 Å². The first kappa shape index (κ1) is 21.3. The van der Waals surface area contributed by atoms with Gasteiger partial charge in [0.2, 0.25) is 0 Å². The van der Waals surface area contributed by atoms with Gasteiger partial charge in [0.15, 0.2) is 23.0 Å². The summed E-state index contributed by atoms with van der Waals surface area (Å²) >= 11 is 0. The minimum absolute atomic E-state index is 0.680. The highest BCUT2D eigenvalue weighted by Gasteiger charge is 2.15. The van der Waals surface area contributed by atoms with Crippen LogP contribution in [-0.4, -0.2) is 77.1 Å². The molecule has 160 valence electrons. The molecular formula is C22H28N4O4. The molecule has 2 aromatic rings. The van der Waals surface area contributed by atoms with Crippen molar-refractivity contribution in [3.05, 3.63) is 47.5 Å². The molecule has 0 spiro atoms. The second-order valence-corrected chi connectivity index (χ2v) is 6.56. The fourth-order valence-corrected chi connectivity index (χ4v) is 3.23. The lowest BCUT2D eigenvalue weighted by Crippen LogP contribution is -2.41. The second-order valence-electron chi connectivity index (χ2n) is 6.56. The summed E-state index contributed by atoms with van der Waals surface area (Å²) < 4.78 is 21.6. The van der Waals surface area contributed by atoms with E-state index in [1.54, 1.807) is 40.9 Å². The first-order valence-corrected chi connectivity index (χ1v) is 9.70. The van der Waals surface area contributed by atoms with Crippen molar-refractivity contribution in [1.29, 1.82) is 0 Å². The SMILES string of the molecule is COc1cccc(/C=N/N2CCN(/N=C/c3cccc(OC)c3OC)CC2)c1OC. The van der Waals surface area contributed by atoms with Crippen LogP contribution in [0, 0.1) is 0 Å². The molecule has 30 heavy (non-hydrogen) atoms. The quantitative estimate of drug-likeness (QED) is 0.621. The molecular weight excluding hydrogens is 384 g/mol. The molecule has 1 saturated heterocycles. The van der Waals surface area contributed by atoms with Gasteiger partial charge in [-0.25, -0.2) is 0 Å². The maximum Gasteiger partial charge on any atom is 0.169 e. The average Bonchev–Trinajstić information content (AvgIpc) is 2.81. The minimum atomic E-state index is 0.680. The van der Waals surface area contributed by atoms with Crippen LogP contribution < -0.4 is 18.9 Å². The van der Waals surface area contributed by atoms with E-state index < -0.39 is 0 Å². The van der Waals surface area contributed by atoms with Crippen LogP contribution in [0.3, 0.4) is 0 Å². The van der Waals surface area contributed by atoms with Crippen LogP contribution in [0.1, 0.15) is 11.1 Å². The molecule has 0 radical (unpaired) electrons. The number of benzene rings is 2. The Kier molecular flexibility index (Phi) is 7.37. The van der Waals surface area contributed by atoms with Crippen molar-refractivity contribution in [2.75, 3.05) is 54.6 Å². The van der Waals surface area contributed by atoms with Gasteiger partial charge >= 0.3 is 0 Å². The number of para-hydroxylation sites is 2. The Bertz CT molecular complexity index is 819. The van der Waals surface area contributed by atoms with E-state index in [0.717, 1.165) is 37.3 Å². The van der Waals surface area contributed by atoms with Gasteiger partial charge in [-0.2, -0.15) is 10.2 Å². The molecule has 1 aliphatic rings. The van der Waals surface area contributed by atoms with Gasteiger partial charge in [0.1, 0.15) is 0 Å². The molecule has 0 bridgehead atoms. The summed E-state index contributed by atoms with van der Waals surface area (Å²) in [6.07, 6.45) is 3.61. The number of hydrazone groups is 2. The minimum Gasteiger partial charge on any atom is -0.493 e. The van der Waals surface area contributed by atoms with Gasteiger partial charge in [-0.3, -0.25) is 10.0 Å². The van der Waals surface area contributed by atoms with E-state index in [2.05, 4.69) is 10.2 Å². The van der Waals surface area contributed by atoms with Gasteiger partial charge in [0.05, 0.1) is 67.0 Å². The van der Waals surface area contributed by atoms with Crippen molar-refractivity contribution < 1.29 is 18.9 Å². The van der Waals surface area contributed by atoms with Crippen molar-refractivity contribution in [3.8, 4) is 23.0 Å². The highest BCUT2D eigenvalue weighted by Crippen LogP contribution is 2.30. The molecule has 0 unspecified atom stereocenters. The Balaban J connectivity index is 1.60. The summed E-state index contributed by atoms with van der Waals surface area (Å²) in [6.45, 7) is 3.09. The van der Waals surface area contributed by atoms with Crippen molar-refractivity contribution in [2.24, 2.45) is 10.2 Å². The highest BCUT2D eigenvalue weighted by atomic mass is 16.5. The number of ether oxygens (including phenoxy) is 4. The summed E-state index contributed by atoms with van der Waals surface area (Å²) in [7, 11) is 6.51. The van der Waals surface area contributed by atoms with Gasteiger partial charge in [-0.15, -0.1) is 0 Å². The molecule has 1 aliphatic heterocycles. The van der Waals surface area contributed by atoms with Crippen LogP contribution in [0.2, 0.25) is 0 Å². The molecule has 1 heterocycles. The number of piperazine rings is 1. The lowest BCUT2D eigenvalue weighted by atomic mass is 10.2. The van der Waals surface area contributed by atoms with Crippen LogP contribution in [0.25, 0.3) is 0 Å². The zero-order chi connectivity index (χ0) is 21.3. The predicted octanol–water partition coefficient (Wildman–Crippen LogP) is 2.71. The van der Waals surface area contributed by atoms with E-state index in [-0.39, 0.29) is 0 Å². The first-order chi connectivity index (χ1) is 14.7. The predicted molar refractivity (Wildman–Crippen MR) is 117 cm³/mol. The summed E-state index contributed by atoms with van der Waals surface area (Å²) in [6, 6.07) is 11.5. The zero-order valence-electron chi connectivity index (χ0n) is 17.9. The smallest absolute Gasteiger partial charge is 0.169 e. The largest absolute Gasteiger partial charge is 0.493 e. The van der Waals surface area contributed by atoms with E-state index >= 15 is 0 Å². The van der Waals surface area contributed by atoms with Crippen molar-refractivity contribution in [1.82, 2.24) is 10.0 Å². The number of rotatable bonds is 8. The van der Waals surface area contributed by atoms with Crippen molar-refractivity contribution in [2.45, 2.75) is 0 Å². The van der Waals surface area contributed by atoms with E-state index in [9.17, 15) is 0 Å². The maximum absolute atomic E-state index is 5.45. The summed E-state index contributed by atoms with van der Waals surface area (Å²) in [4.78, 5) is 0. The van der Waals surface area contributed by atoms with Crippen LogP contribution in [0.5, 0.6) is 23.0 Å². The second kappa shape index (κ2) is 10.4. The third-order valence-corrected chi connectivity index (χ3v) is 4.82. The average molecular weight is 412 g/mol. The van der Waals surface area contributed by atoms with Gasteiger partial charge in [0, 0.05) is 11.1 Å². The highest BCUT2D eigenvalue weighted by molar-refractivity contribution is 5.85. The molecule has 3 rings (SSSR count). The Morgan fingerprint density at radius 1 is 0.633 bits per heavy atom. The lowest BCUT2D eigenvalue weighted by molar-refractivity contribution is 0.141. The Morgan fingerprint density at radius 2 is 1.03 bits per heavy atom. The molecule has 0 aliphatic carbocycles. The standard InChI is InChI=1S/C22H28N4O4/c1-27-19-9-5-7-17(21(19)29-3)15-23-25-11-13-26(14-12-25)24-16-18-8-6-10-20(28-2)22(18)30-4/h5-10,15-16H,11-14H2,1-4H3/b23-15+,24-16+. The van der Waals surface area contributed by atoms with E-state index in [1.165, 1.54) is 0 Å². The van der Waals surface area contributed by atoms with Crippen LogP contribution in [0.15, 0.2) is 46.6 Å². The number of hydrogen-bond acceptors (Lipinski definition) is 8. The summed E-state index contributed by atoms with van der Waals surface area (Å²) in [5, 5.41) is 13.2. The monoisotopic (exact) mass is 412 g/mol. The molecule has 8 heteroatoms. The van der Waals surface area contributed by atoms with Crippen molar-refractivity contribution >= 4 is 12.4 Å². The van der Waals surface area contributed by atoms with Crippen LogP contribution in [0.4, 0.5) is 0 Å². The van der Waals surface area contributed by atoms with E-state index in [0.29, 0.717) is 23.0 Å². The normalized spacial score (nSPS) is 14.4. The maximum atomic E-state index is 5.45. The molecule has 0 aromatic heterocycles. The molecule has 0 amide bonds. The van der Waals surface area contributed by atoms with Gasteiger partial charge in [-0.05, 0) is 24.3 Å². The fourth-order valence-electron chi connectivity index (χ4n) is 3.23. The third kappa shape index (κ3) is 4.94. The first-order valence-electron chi connectivity index (χ1n) is 9.70. The van der Waals surface area contributed by atoms with E-state index in [1.807, 2.05) is 46.4 Å². The Labute approximate surface area is 177 Å². The van der Waals surface area contributed by atoms with Crippen LogP contribution in [-0.2, 0) is 0 Å². The number of hydrogen-bond donors (Lipinski definition) is 0. The Hall–Kier alpha value is -3.42. The fraction of sp³-hybridized carbons (Fsp3) is 0.364. The van der Waals surface area contributed by atoms with Crippen LogP contribution >= 0.6 is 0 Å². The molecule has 0 saturated carbocycles. The number of nitrogens with zero attached hydrogens (tertiary/aromatic N) is 4. The molecule has 0 N–H and O–H groups in total. The topological polar surface area (TPSA) is 68.1 Å². The molecule has 8 nitrogen and oxygen atoms in total.